The number of carbonyl (C=O) groups is 1. The Bertz CT molecular complexity index is 312. The van der Waals surface area contributed by atoms with Crippen LogP contribution in [0.1, 0.15) is 12.8 Å². The molecule has 1 fully saturated rings. The second kappa shape index (κ2) is 3.82. The molecular weight excluding hydrogens is 176 g/mol. The van der Waals surface area contributed by atoms with Crippen molar-refractivity contribution in [1.29, 1.82) is 0 Å². The summed E-state index contributed by atoms with van der Waals surface area (Å²) in [6.07, 6.45) is 13.7. The molecule has 1 saturated carbocycles. The molecule has 74 valence electrons. The topological polar surface area (TPSA) is 37.3 Å². The maximum atomic E-state index is 10.2. The van der Waals surface area contributed by atoms with E-state index in [-0.39, 0.29) is 0 Å². The number of aliphatic carboxylic acids is 1. The van der Waals surface area contributed by atoms with E-state index in [1.807, 2.05) is 6.08 Å². The van der Waals surface area contributed by atoms with Crippen LogP contribution in [-0.4, -0.2) is 11.1 Å². The molecule has 0 saturated heterocycles. The first kappa shape index (κ1) is 9.25. The van der Waals surface area contributed by atoms with Crippen molar-refractivity contribution in [3.8, 4) is 0 Å². The lowest BCUT2D eigenvalue weighted by atomic mass is 9.95. The molecule has 0 bridgehead atoms. The molecule has 2 rings (SSSR count). The highest BCUT2D eigenvalue weighted by Crippen LogP contribution is 2.50. The molecular formula is C12H14O2. The summed E-state index contributed by atoms with van der Waals surface area (Å²) in [6, 6.07) is 0. The van der Waals surface area contributed by atoms with E-state index >= 15 is 0 Å². The van der Waals surface area contributed by atoms with E-state index in [9.17, 15) is 4.79 Å². The predicted octanol–water partition coefficient (Wildman–Crippen LogP) is 2.40. The van der Waals surface area contributed by atoms with Gasteiger partial charge < -0.3 is 5.11 Å². The molecule has 2 aliphatic carbocycles. The van der Waals surface area contributed by atoms with Crippen molar-refractivity contribution in [2.75, 3.05) is 0 Å². The summed E-state index contributed by atoms with van der Waals surface area (Å²) in [5.74, 6) is 1.37. The molecule has 0 amide bonds. The van der Waals surface area contributed by atoms with Crippen molar-refractivity contribution in [1.82, 2.24) is 0 Å². The molecule has 0 radical (unpaired) electrons. The van der Waals surface area contributed by atoms with Crippen LogP contribution in [0.4, 0.5) is 0 Å². The first-order valence-electron chi connectivity index (χ1n) is 5.02. The van der Waals surface area contributed by atoms with Crippen molar-refractivity contribution in [2.24, 2.45) is 17.8 Å². The predicted molar refractivity (Wildman–Crippen MR) is 54.8 cm³/mol. The van der Waals surface area contributed by atoms with Gasteiger partial charge in [-0.25, -0.2) is 4.79 Å². The lowest BCUT2D eigenvalue weighted by Crippen LogP contribution is -2.00. The highest BCUT2D eigenvalue weighted by Gasteiger charge is 2.41. The van der Waals surface area contributed by atoms with Crippen LogP contribution in [0.15, 0.2) is 36.5 Å². The van der Waals surface area contributed by atoms with Gasteiger partial charge in [-0.05, 0) is 30.6 Å². The maximum absolute atomic E-state index is 10.2. The first-order chi connectivity index (χ1) is 6.77. The lowest BCUT2D eigenvalue weighted by Gasteiger charge is -2.10. The summed E-state index contributed by atoms with van der Waals surface area (Å²) in [5.41, 5.74) is 0. The summed E-state index contributed by atoms with van der Waals surface area (Å²) in [7, 11) is 0. The average Bonchev–Trinajstić information content (AvgIpc) is 2.91. The summed E-state index contributed by atoms with van der Waals surface area (Å²) in [4.78, 5) is 10.2. The van der Waals surface area contributed by atoms with E-state index in [0.717, 1.165) is 17.9 Å². The molecule has 2 aliphatic rings. The summed E-state index contributed by atoms with van der Waals surface area (Å²) in [5, 5.41) is 8.38. The molecule has 2 heteroatoms. The molecule has 0 aromatic heterocycles. The zero-order valence-corrected chi connectivity index (χ0v) is 7.97. The zero-order chi connectivity index (χ0) is 9.97. The third-order valence-electron chi connectivity index (χ3n) is 2.95. The first-order valence-corrected chi connectivity index (χ1v) is 5.02. The van der Waals surface area contributed by atoms with E-state index in [1.54, 1.807) is 6.08 Å². The van der Waals surface area contributed by atoms with Crippen molar-refractivity contribution in [2.45, 2.75) is 12.8 Å². The number of hydrogen-bond acceptors (Lipinski definition) is 1. The van der Waals surface area contributed by atoms with Crippen LogP contribution in [0.25, 0.3) is 0 Å². The molecule has 0 aliphatic heterocycles. The monoisotopic (exact) mass is 190 g/mol. The van der Waals surface area contributed by atoms with Gasteiger partial charge in [0.05, 0.1) is 0 Å². The quantitative estimate of drug-likeness (QED) is 0.421. The SMILES string of the molecule is O=C(O)/C=C/C=C/C1C=CCC2CC12. The van der Waals surface area contributed by atoms with E-state index in [0.29, 0.717) is 5.92 Å². The van der Waals surface area contributed by atoms with Crippen molar-refractivity contribution >= 4 is 5.97 Å². The van der Waals surface area contributed by atoms with Gasteiger partial charge in [0.15, 0.2) is 0 Å². The third-order valence-corrected chi connectivity index (χ3v) is 2.95. The minimum Gasteiger partial charge on any atom is -0.478 e. The standard InChI is InChI=1S/C12H14O2/c13-12(14)7-2-1-4-9-5-3-6-10-8-11(9)10/h1-5,7,9-11H,6,8H2,(H,13,14)/b4-1+,7-2+. The molecule has 3 atom stereocenters. The molecule has 14 heavy (non-hydrogen) atoms. The number of rotatable bonds is 3. The van der Waals surface area contributed by atoms with Gasteiger partial charge in [-0.2, -0.15) is 0 Å². The third kappa shape index (κ3) is 2.13. The van der Waals surface area contributed by atoms with Crippen LogP contribution in [0.5, 0.6) is 0 Å². The molecule has 0 heterocycles. The largest absolute Gasteiger partial charge is 0.478 e. The number of carboxylic acids is 1. The van der Waals surface area contributed by atoms with E-state index < -0.39 is 5.97 Å². The number of hydrogen-bond donors (Lipinski definition) is 1. The van der Waals surface area contributed by atoms with Crippen LogP contribution in [0, 0.1) is 17.8 Å². The van der Waals surface area contributed by atoms with Crippen LogP contribution >= 0.6 is 0 Å². The Morgan fingerprint density at radius 3 is 3.07 bits per heavy atom. The van der Waals surface area contributed by atoms with Crippen LogP contribution in [0.3, 0.4) is 0 Å². The summed E-state index contributed by atoms with van der Waals surface area (Å²) in [6.45, 7) is 0. The molecule has 0 spiro atoms. The fourth-order valence-electron chi connectivity index (χ4n) is 2.10. The number of allylic oxidation sites excluding steroid dienone is 5. The second-order valence-corrected chi connectivity index (χ2v) is 3.98. The van der Waals surface area contributed by atoms with Crippen molar-refractivity contribution < 1.29 is 9.90 Å². The van der Waals surface area contributed by atoms with Crippen molar-refractivity contribution in [3.63, 3.8) is 0 Å². The molecule has 2 nitrogen and oxygen atoms in total. The van der Waals surface area contributed by atoms with Crippen LogP contribution in [-0.2, 0) is 4.79 Å². The van der Waals surface area contributed by atoms with Crippen LogP contribution < -0.4 is 0 Å². The Morgan fingerprint density at radius 1 is 1.43 bits per heavy atom. The second-order valence-electron chi connectivity index (χ2n) is 3.98. The normalized spacial score (nSPS) is 35.0. The van der Waals surface area contributed by atoms with Gasteiger partial charge in [0.2, 0.25) is 0 Å². The van der Waals surface area contributed by atoms with Gasteiger partial charge in [0.25, 0.3) is 0 Å². The van der Waals surface area contributed by atoms with Gasteiger partial charge in [-0.3, -0.25) is 0 Å². The minimum absolute atomic E-state index is 0.534. The van der Waals surface area contributed by atoms with E-state index in [2.05, 4.69) is 18.2 Å². The summed E-state index contributed by atoms with van der Waals surface area (Å²) >= 11 is 0. The maximum Gasteiger partial charge on any atom is 0.328 e. The van der Waals surface area contributed by atoms with E-state index in [4.69, 9.17) is 5.11 Å². The average molecular weight is 190 g/mol. The van der Waals surface area contributed by atoms with E-state index in [1.165, 1.54) is 12.8 Å². The Morgan fingerprint density at radius 2 is 2.29 bits per heavy atom. The number of fused-ring (bicyclic) bond motifs is 1. The fraction of sp³-hybridized carbons (Fsp3) is 0.417. The Balaban J connectivity index is 1.87. The molecule has 1 N–H and O–H groups in total. The molecule has 3 unspecified atom stereocenters. The lowest BCUT2D eigenvalue weighted by molar-refractivity contribution is -0.131. The Kier molecular flexibility index (Phi) is 2.53. The smallest absolute Gasteiger partial charge is 0.328 e. The fourth-order valence-corrected chi connectivity index (χ4v) is 2.10. The number of carboxylic acid groups (broad SMARTS) is 1. The van der Waals surface area contributed by atoms with Gasteiger partial charge in [0, 0.05) is 6.08 Å². The van der Waals surface area contributed by atoms with Crippen LogP contribution in [0.2, 0.25) is 0 Å². The van der Waals surface area contributed by atoms with Gasteiger partial charge in [-0.15, -0.1) is 0 Å². The molecule has 0 aromatic carbocycles. The highest BCUT2D eigenvalue weighted by molar-refractivity contribution is 5.80. The minimum atomic E-state index is -0.891. The summed E-state index contributed by atoms with van der Waals surface area (Å²) < 4.78 is 0. The highest BCUT2D eigenvalue weighted by atomic mass is 16.4. The van der Waals surface area contributed by atoms with Gasteiger partial charge >= 0.3 is 5.97 Å². The van der Waals surface area contributed by atoms with Crippen molar-refractivity contribution in [3.05, 3.63) is 36.5 Å². The Labute approximate surface area is 83.6 Å². The van der Waals surface area contributed by atoms with Gasteiger partial charge in [0.1, 0.15) is 0 Å². The zero-order valence-electron chi connectivity index (χ0n) is 7.97. The Hall–Kier alpha value is -1.31. The van der Waals surface area contributed by atoms with Gasteiger partial charge in [-0.1, -0.05) is 30.4 Å². The molecule has 0 aromatic rings.